The molecule has 1 aromatic heterocycles. The number of nitrogens with one attached hydrogen (secondary N) is 2. The van der Waals surface area contributed by atoms with Crippen molar-refractivity contribution in [2.45, 2.75) is 11.3 Å². The molecule has 0 saturated heterocycles. The minimum absolute atomic E-state index is 0. The lowest BCUT2D eigenvalue weighted by Crippen LogP contribution is -2.39. The Morgan fingerprint density at radius 2 is 1.86 bits per heavy atom. The van der Waals surface area contributed by atoms with Gasteiger partial charge in [0.05, 0.1) is 0 Å². The molecule has 2 aromatic rings. The zero-order valence-electron chi connectivity index (χ0n) is 12.6. The molecule has 0 atom stereocenters. The summed E-state index contributed by atoms with van der Waals surface area (Å²) in [6, 6.07) is 14.7. The van der Waals surface area contributed by atoms with Gasteiger partial charge >= 0.3 is 0 Å². The molecule has 0 fully saturated rings. The molecular formula is C16H22IN3S2. The van der Waals surface area contributed by atoms with Gasteiger partial charge in [0.2, 0.25) is 0 Å². The third-order valence-corrected chi connectivity index (χ3v) is 4.82. The molecule has 22 heavy (non-hydrogen) atoms. The highest BCUT2D eigenvalue weighted by molar-refractivity contribution is 14.0. The van der Waals surface area contributed by atoms with Crippen molar-refractivity contribution >= 4 is 53.0 Å². The van der Waals surface area contributed by atoms with E-state index in [0.717, 1.165) is 31.2 Å². The summed E-state index contributed by atoms with van der Waals surface area (Å²) in [5.74, 6) is 1.90. The Morgan fingerprint density at radius 1 is 1.09 bits per heavy atom. The van der Waals surface area contributed by atoms with Crippen molar-refractivity contribution in [3.63, 3.8) is 0 Å². The average molecular weight is 447 g/mol. The van der Waals surface area contributed by atoms with Crippen LogP contribution in [-0.4, -0.2) is 31.8 Å². The van der Waals surface area contributed by atoms with E-state index >= 15 is 0 Å². The largest absolute Gasteiger partial charge is 0.356 e. The first-order valence-electron chi connectivity index (χ1n) is 7.03. The van der Waals surface area contributed by atoms with E-state index in [-0.39, 0.29) is 24.0 Å². The van der Waals surface area contributed by atoms with Gasteiger partial charge in [0.15, 0.2) is 5.96 Å². The minimum Gasteiger partial charge on any atom is -0.356 e. The molecule has 0 amide bonds. The van der Waals surface area contributed by atoms with E-state index in [9.17, 15) is 0 Å². The van der Waals surface area contributed by atoms with E-state index in [0.29, 0.717) is 0 Å². The van der Waals surface area contributed by atoms with Gasteiger partial charge in [-0.15, -0.1) is 47.1 Å². The standard InChI is InChI=1S/C16H21N3S2.HI/c1-17-16(18-10-9-15-8-5-12-20-15)19-11-13-21-14-6-3-2-4-7-14;/h2-8,12H,9-11,13H2,1H3,(H2,17,18,19);1H. The van der Waals surface area contributed by atoms with Gasteiger partial charge in [0.1, 0.15) is 0 Å². The third-order valence-electron chi connectivity index (χ3n) is 2.87. The number of thioether (sulfide) groups is 1. The first-order chi connectivity index (χ1) is 10.4. The van der Waals surface area contributed by atoms with Crippen molar-refractivity contribution in [1.82, 2.24) is 10.6 Å². The van der Waals surface area contributed by atoms with E-state index < -0.39 is 0 Å². The molecule has 2 rings (SSSR count). The molecule has 0 saturated carbocycles. The Hall–Kier alpha value is -0.730. The zero-order chi connectivity index (χ0) is 14.8. The lowest BCUT2D eigenvalue weighted by atomic mass is 10.3. The SMILES string of the molecule is CN=C(NCCSc1ccccc1)NCCc1cccs1.I. The second-order valence-electron chi connectivity index (χ2n) is 4.42. The maximum Gasteiger partial charge on any atom is 0.191 e. The van der Waals surface area contributed by atoms with Crippen LogP contribution in [0.5, 0.6) is 0 Å². The molecule has 0 aliphatic rings. The van der Waals surface area contributed by atoms with Crippen LogP contribution in [0.4, 0.5) is 0 Å². The highest BCUT2D eigenvalue weighted by atomic mass is 127. The summed E-state index contributed by atoms with van der Waals surface area (Å²) < 4.78 is 0. The number of aliphatic imine (C=N–C) groups is 1. The molecule has 3 nitrogen and oxygen atoms in total. The summed E-state index contributed by atoms with van der Waals surface area (Å²) in [6.45, 7) is 1.81. The minimum atomic E-state index is 0. The third kappa shape index (κ3) is 7.51. The number of guanidine groups is 1. The predicted octanol–water partition coefficient (Wildman–Crippen LogP) is 3.87. The summed E-state index contributed by atoms with van der Waals surface area (Å²) in [5.41, 5.74) is 0. The van der Waals surface area contributed by atoms with Crippen LogP contribution in [0.25, 0.3) is 0 Å². The average Bonchev–Trinajstić information content (AvgIpc) is 3.04. The number of rotatable bonds is 7. The molecule has 1 aromatic carbocycles. The van der Waals surface area contributed by atoms with Crippen molar-refractivity contribution in [3.8, 4) is 0 Å². The van der Waals surface area contributed by atoms with E-state index in [1.165, 1.54) is 9.77 Å². The van der Waals surface area contributed by atoms with Gasteiger partial charge in [-0.2, -0.15) is 0 Å². The second kappa shape index (κ2) is 11.8. The normalized spacial score (nSPS) is 10.9. The number of nitrogens with zero attached hydrogens (tertiary/aromatic N) is 1. The number of benzene rings is 1. The molecular weight excluding hydrogens is 425 g/mol. The molecule has 2 N–H and O–H groups in total. The van der Waals surface area contributed by atoms with Gasteiger partial charge in [-0.3, -0.25) is 4.99 Å². The molecule has 6 heteroatoms. The lowest BCUT2D eigenvalue weighted by molar-refractivity contribution is 0.818. The maximum atomic E-state index is 4.24. The van der Waals surface area contributed by atoms with Crippen molar-refractivity contribution in [2.24, 2.45) is 4.99 Å². The predicted molar refractivity (Wildman–Crippen MR) is 110 cm³/mol. The van der Waals surface area contributed by atoms with E-state index in [1.807, 2.05) is 24.9 Å². The smallest absolute Gasteiger partial charge is 0.191 e. The number of hydrogen-bond donors (Lipinski definition) is 2. The molecule has 0 bridgehead atoms. The fourth-order valence-electron chi connectivity index (χ4n) is 1.83. The topological polar surface area (TPSA) is 36.4 Å². The van der Waals surface area contributed by atoms with Crippen LogP contribution in [0, 0.1) is 0 Å². The maximum absolute atomic E-state index is 4.24. The second-order valence-corrected chi connectivity index (χ2v) is 6.62. The highest BCUT2D eigenvalue weighted by Crippen LogP contribution is 2.15. The fourth-order valence-corrected chi connectivity index (χ4v) is 3.33. The van der Waals surface area contributed by atoms with Gasteiger partial charge in [-0.1, -0.05) is 24.3 Å². The Bertz CT molecular complexity index is 530. The van der Waals surface area contributed by atoms with Crippen molar-refractivity contribution in [3.05, 3.63) is 52.7 Å². The van der Waals surface area contributed by atoms with Gasteiger partial charge in [-0.05, 0) is 30.0 Å². The lowest BCUT2D eigenvalue weighted by Gasteiger charge is -2.11. The monoisotopic (exact) mass is 447 g/mol. The van der Waals surface area contributed by atoms with E-state index in [1.54, 1.807) is 11.3 Å². The molecule has 0 radical (unpaired) electrons. The van der Waals surface area contributed by atoms with E-state index in [4.69, 9.17) is 0 Å². The van der Waals surface area contributed by atoms with Crippen molar-refractivity contribution in [2.75, 3.05) is 25.9 Å². The summed E-state index contributed by atoms with van der Waals surface area (Å²) in [4.78, 5) is 6.95. The Morgan fingerprint density at radius 3 is 2.55 bits per heavy atom. The van der Waals surface area contributed by atoms with Crippen molar-refractivity contribution < 1.29 is 0 Å². The summed E-state index contributed by atoms with van der Waals surface area (Å²) in [6.07, 6.45) is 1.04. The molecule has 0 aliphatic carbocycles. The molecule has 120 valence electrons. The molecule has 0 spiro atoms. The number of hydrogen-bond acceptors (Lipinski definition) is 3. The van der Waals surface area contributed by atoms with Crippen LogP contribution >= 0.6 is 47.1 Å². The van der Waals surface area contributed by atoms with Gasteiger partial charge in [0, 0.05) is 35.7 Å². The van der Waals surface area contributed by atoms with Crippen LogP contribution in [0.15, 0.2) is 57.7 Å². The van der Waals surface area contributed by atoms with Crippen LogP contribution in [0.3, 0.4) is 0 Å². The fraction of sp³-hybridized carbons (Fsp3) is 0.312. The van der Waals surface area contributed by atoms with Crippen molar-refractivity contribution in [1.29, 1.82) is 0 Å². The van der Waals surface area contributed by atoms with Crippen LogP contribution < -0.4 is 10.6 Å². The highest BCUT2D eigenvalue weighted by Gasteiger charge is 1.98. The zero-order valence-corrected chi connectivity index (χ0v) is 16.6. The number of thiophene rings is 1. The first kappa shape index (κ1) is 19.3. The summed E-state index contributed by atoms with van der Waals surface area (Å²) in [7, 11) is 1.81. The van der Waals surface area contributed by atoms with Crippen LogP contribution in [0.1, 0.15) is 4.88 Å². The molecule has 0 unspecified atom stereocenters. The molecule has 0 aliphatic heterocycles. The molecule has 1 heterocycles. The van der Waals surface area contributed by atoms with Crippen LogP contribution in [-0.2, 0) is 6.42 Å². The quantitative estimate of drug-likeness (QED) is 0.223. The Kier molecular flexibility index (Phi) is 10.3. The van der Waals surface area contributed by atoms with Gasteiger partial charge < -0.3 is 10.6 Å². The first-order valence-corrected chi connectivity index (χ1v) is 8.90. The summed E-state index contributed by atoms with van der Waals surface area (Å²) >= 11 is 3.65. The van der Waals surface area contributed by atoms with E-state index in [2.05, 4.69) is 57.4 Å². The Labute approximate surface area is 158 Å². The number of halogens is 1. The summed E-state index contributed by atoms with van der Waals surface area (Å²) in [5, 5.41) is 8.80. The Balaban J connectivity index is 0.00000242. The van der Waals surface area contributed by atoms with Gasteiger partial charge in [-0.25, -0.2) is 0 Å². The van der Waals surface area contributed by atoms with Gasteiger partial charge in [0.25, 0.3) is 0 Å². The van der Waals surface area contributed by atoms with Crippen LogP contribution in [0.2, 0.25) is 0 Å².